The zero-order valence-corrected chi connectivity index (χ0v) is 19.0. The lowest BCUT2D eigenvalue weighted by molar-refractivity contribution is -0.299. The van der Waals surface area contributed by atoms with Gasteiger partial charge in [-0.25, -0.2) is 0 Å². The Morgan fingerprint density at radius 3 is 2.77 bits per heavy atom. The van der Waals surface area contributed by atoms with Gasteiger partial charge in [-0.3, -0.25) is 4.90 Å². The van der Waals surface area contributed by atoms with Gasteiger partial charge in [0.2, 0.25) is 0 Å². The number of nitrogens with zero attached hydrogens (tertiary/aromatic N) is 1. The summed E-state index contributed by atoms with van der Waals surface area (Å²) in [6.45, 7) is 5.53. The van der Waals surface area contributed by atoms with Crippen molar-refractivity contribution in [3.8, 4) is 23.8 Å². The fraction of sp³-hybridized carbons (Fsp3) is 0.692. The van der Waals surface area contributed by atoms with E-state index in [1.807, 2.05) is 21.0 Å². The Morgan fingerprint density at radius 1 is 1.29 bits per heavy atom. The van der Waals surface area contributed by atoms with Crippen LogP contribution in [0, 0.1) is 23.7 Å². The number of terminal acetylenes is 1. The molecule has 6 aliphatic rings. The van der Waals surface area contributed by atoms with Gasteiger partial charge in [-0.15, -0.1) is 6.42 Å². The van der Waals surface area contributed by atoms with Gasteiger partial charge in [-0.1, -0.05) is 12.0 Å². The average Bonchev–Trinajstić information content (AvgIpc) is 3.11. The maximum absolute atomic E-state index is 11.3. The van der Waals surface area contributed by atoms with Crippen molar-refractivity contribution < 1.29 is 19.3 Å². The molecule has 2 aliphatic heterocycles. The van der Waals surface area contributed by atoms with E-state index in [0.717, 1.165) is 50.1 Å². The lowest BCUT2D eigenvalue weighted by Crippen LogP contribution is -2.82. The number of aliphatic hydroxyl groups is 1. The molecule has 2 heterocycles. The van der Waals surface area contributed by atoms with Gasteiger partial charge in [0.15, 0.2) is 11.5 Å². The van der Waals surface area contributed by atoms with Gasteiger partial charge >= 0.3 is 0 Å². The van der Waals surface area contributed by atoms with Gasteiger partial charge in [0.1, 0.15) is 11.7 Å². The fourth-order valence-corrected chi connectivity index (χ4v) is 8.84. The highest BCUT2D eigenvalue weighted by atomic mass is 16.6. The van der Waals surface area contributed by atoms with Crippen LogP contribution in [0.15, 0.2) is 12.1 Å². The Kier molecular flexibility index (Phi) is 3.84. The minimum atomic E-state index is -0.862. The number of rotatable bonds is 4. The second kappa shape index (κ2) is 5.98. The number of benzene rings is 1. The van der Waals surface area contributed by atoms with Crippen LogP contribution in [0.1, 0.15) is 50.7 Å². The van der Waals surface area contributed by atoms with E-state index in [0.29, 0.717) is 12.6 Å². The van der Waals surface area contributed by atoms with Crippen LogP contribution in [0.3, 0.4) is 0 Å². The third-order valence-electron chi connectivity index (χ3n) is 9.82. The molecule has 3 saturated carbocycles. The molecule has 1 saturated heterocycles. The van der Waals surface area contributed by atoms with Crippen LogP contribution in [-0.2, 0) is 16.6 Å². The summed E-state index contributed by atoms with van der Waals surface area (Å²) >= 11 is 0. The van der Waals surface area contributed by atoms with Gasteiger partial charge in [0.25, 0.3) is 0 Å². The first kappa shape index (κ1) is 19.9. The summed E-state index contributed by atoms with van der Waals surface area (Å²) in [6, 6.07) is 4.64. The molecule has 5 nitrogen and oxygen atoms in total. The number of likely N-dealkylation sites (tertiary alicyclic amines) is 1. The summed E-state index contributed by atoms with van der Waals surface area (Å²) in [4.78, 5) is 2.53. The maximum Gasteiger partial charge on any atom is 0.165 e. The normalized spacial score (nSPS) is 42.0. The highest BCUT2D eigenvalue weighted by molar-refractivity contribution is 5.63. The molecule has 4 bridgehead atoms. The van der Waals surface area contributed by atoms with Gasteiger partial charge in [-0.05, 0) is 57.6 Å². The third-order valence-corrected chi connectivity index (χ3v) is 9.82. The summed E-state index contributed by atoms with van der Waals surface area (Å²) in [5.41, 5.74) is 1.26. The Morgan fingerprint density at radius 2 is 2.10 bits per heavy atom. The van der Waals surface area contributed by atoms with Crippen molar-refractivity contribution in [2.45, 2.75) is 74.7 Å². The molecule has 31 heavy (non-hydrogen) atoms. The Balaban J connectivity index is 1.66. The van der Waals surface area contributed by atoms with Crippen LogP contribution < -0.4 is 9.47 Å². The third kappa shape index (κ3) is 2.02. The second-order valence-electron chi connectivity index (χ2n) is 11.0. The molecule has 4 aliphatic carbocycles. The summed E-state index contributed by atoms with van der Waals surface area (Å²) in [5, 5.41) is 11.3. The zero-order valence-electron chi connectivity index (χ0n) is 19.0. The SMILES string of the molecule is C#CCN1CC[C@]23c4c5ccc(OC)c4O[C@H]2[C@@]2(OC)CC[C@@]3(C[C@H]2C(C)(C)O)[C@H]1C5. The first-order valence-electron chi connectivity index (χ1n) is 11.6. The number of fused-ring (bicyclic) bond motifs is 2. The largest absolute Gasteiger partial charge is 0.493 e. The number of hydrogen-bond donors (Lipinski definition) is 1. The standard InChI is InChI=1S/C26H33NO4/c1-6-12-27-13-11-25-20-16-7-8-17(29-4)21(20)31-22(25)26(30-5)10-9-24(25,19(27)14-16)15-18(26)23(2,3)28/h1,7-8,18-19,22,28H,9-15H2,2-5H3/t18-,19+,22+,24+,25-,26+/m0/s1. The minimum Gasteiger partial charge on any atom is -0.493 e. The number of methoxy groups -OCH3 is 2. The molecule has 6 atom stereocenters. The van der Waals surface area contributed by atoms with Crippen molar-refractivity contribution in [1.29, 1.82) is 0 Å². The van der Waals surface area contributed by atoms with E-state index in [1.165, 1.54) is 11.1 Å². The first-order chi connectivity index (χ1) is 14.8. The van der Waals surface area contributed by atoms with E-state index in [9.17, 15) is 5.11 Å². The van der Waals surface area contributed by atoms with E-state index < -0.39 is 11.2 Å². The summed E-state index contributed by atoms with van der Waals surface area (Å²) < 4.78 is 19.1. The first-order valence-corrected chi connectivity index (χ1v) is 11.6. The molecule has 166 valence electrons. The van der Waals surface area contributed by atoms with Crippen molar-refractivity contribution in [2.24, 2.45) is 11.3 Å². The maximum atomic E-state index is 11.3. The van der Waals surface area contributed by atoms with E-state index >= 15 is 0 Å². The van der Waals surface area contributed by atoms with Crippen LogP contribution in [-0.4, -0.2) is 60.7 Å². The second-order valence-corrected chi connectivity index (χ2v) is 11.0. The fourth-order valence-electron chi connectivity index (χ4n) is 8.84. The van der Waals surface area contributed by atoms with E-state index in [4.69, 9.17) is 20.6 Å². The van der Waals surface area contributed by atoms with Crippen molar-refractivity contribution in [3.05, 3.63) is 23.3 Å². The highest BCUT2D eigenvalue weighted by Crippen LogP contribution is 2.77. The van der Waals surface area contributed by atoms with Crippen molar-refractivity contribution >= 4 is 0 Å². The lowest BCUT2D eigenvalue weighted by Gasteiger charge is -2.74. The molecule has 1 aromatic rings. The van der Waals surface area contributed by atoms with Gasteiger partial charge in [-0.2, -0.15) is 0 Å². The van der Waals surface area contributed by atoms with Gasteiger partial charge in [0.05, 0.1) is 19.3 Å². The van der Waals surface area contributed by atoms with Gasteiger partial charge < -0.3 is 19.3 Å². The van der Waals surface area contributed by atoms with Crippen LogP contribution in [0.5, 0.6) is 11.5 Å². The lowest BCUT2D eigenvalue weighted by atomic mass is 9.34. The van der Waals surface area contributed by atoms with Crippen molar-refractivity contribution in [2.75, 3.05) is 27.3 Å². The average molecular weight is 424 g/mol. The van der Waals surface area contributed by atoms with E-state index in [-0.39, 0.29) is 22.9 Å². The Bertz CT molecular complexity index is 992. The number of ether oxygens (including phenoxy) is 3. The molecule has 1 N–H and O–H groups in total. The monoisotopic (exact) mass is 423 g/mol. The minimum absolute atomic E-state index is 0.00739. The van der Waals surface area contributed by atoms with E-state index in [1.54, 1.807) is 7.11 Å². The molecule has 0 aromatic heterocycles. The van der Waals surface area contributed by atoms with Crippen LogP contribution in [0.4, 0.5) is 0 Å². The topological polar surface area (TPSA) is 51.2 Å². The molecular formula is C26H33NO4. The van der Waals surface area contributed by atoms with Crippen LogP contribution in [0.25, 0.3) is 0 Å². The Hall–Kier alpha value is -1.74. The zero-order chi connectivity index (χ0) is 21.8. The van der Waals surface area contributed by atoms with Crippen LogP contribution >= 0.6 is 0 Å². The van der Waals surface area contributed by atoms with E-state index in [2.05, 4.69) is 23.0 Å². The smallest absolute Gasteiger partial charge is 0.165 e. The predicted molar refractivity (Wildman–Crippen MR) is 117 cm³/mol. The molecule has 1 aromatic carbocycles. The summed E-state index contributed by atoms with van der Waals surface area (Å²) in [5.74, 6) is 4.64. The van der Waals surface area contributed by atoms with Crippen LogP contribution in [0.2, 0.25) is 0 Å². The summed E-state index contributed by atoms with van der Waals surface area (Å²) in [6.07, 6.45) is 10.6. The molecule has 0 amide bonds. The number of piperidine rings is 1. The molecule has 0 unspecified atom stereocenters. The number of hydrogen-bond acceptors (Lipinski definition) is 5. The van der Waals surface area contributed by atoms with Crippen molar-refractivity contribution in [1.82, 2.24) is 4.90 Å². The molecule has 4 fully saturated rings. The predicted octanol–water partition coefficient (Wildman–Crippen LogP) is 2.91. The summed E-state index contributed by atoms with van der Waals surface area (Å²) in [7, 11) is 3.53. The molecular weight excluding hydrogens is 390 g/mol. The molecule has 5 heteroatoms. The Labute approximate surface area is 185 Å². The highest BCUT2D eigenvalue weighted by Gasteiger charge is 2.81. The molecule has 0 radical (unpaired) electrons. The van der Waals surface area contributed by atoms with Gasteiger partial charge in [0, 0.05) is 42.0 Å². The molecule has 7 rings (SSSR count). The quantitative estimate of drug-likeness (QED) is 0.755. The van der Waals surface area contributed by atoms with Crippen molar-refractivity contribution in [3.63, 3.8) is 0 Å². The molecule has 2 spiro atoms.